The minimum absolute atomic E-state index is 0.166. The fourth-order valence-corrected chi connectivity index (χ4v) is 2.52. The molecular formula is C14H14ClN5O. The van der Waals surface area contributed by atoms with Gasteiger partial charge in [0.15, 0.2) is 5.82 Å². The highest BCUT2D eigenvalue weighted by atomic mass is 35.5. The minimum Gasteiger partial charge on any atom is -0.334 e. The van der Waals surface area contributed by atoms with E-state index in [1.165, 1.54) is 0 Å². The smallest absolute Gasteiger partial charge is 0.259 e. The molecule has 3 rings (SSSR count). The molecule has 1 aliphatic rings. The summed E-state index contributed by atoms with van der Waals surface area (Å²) in [6, 6.07) is 9.45. The molecule has 1 N–H and O–H groups in total. The summed E-state index contributed by atoms with van der Waals surface area (Å²) >= 11 is 6.12. The van der Waals surface area contributed by atoms with Crippen LogP contribution < -0.4 is 5.32 Å². The highest BCUT2D eigenvalue weighted by Gasteiger charge is 2.23. The van der Waals surface area contributed by atoms with Crippen LogP contribution in [0.25, 0.3) is 11.5 Å². The number of benzene rings is 1. The first-order chi connectivity index (χ1) is 10.3. The number of piperazine rings is 1. The van der Waals surface area contributed by atoms with Gasteiger partial charge in [0.25, 0.3) is 5.89 Å². The SMILES string of the molecule is N#CC1CNCCN1Cc1noc(-c2ccccc2Cl)n1. The molecule has 0 radical (unpaired) electrons. The molecule has 1 fully saturated rings. The highest BCUT2D eigenvalue weighted by Crippen LogP contribution is 2.26. The number of hydrogen-bond acceptors (Lipinski definition) is 6. The van der Waals surface area contributed by atoms with Crippen LogP contribution >= 0.6 is 11.6 Å². The van der Waals surface area contributed by atoms with E-state index in [-0.39, 0.29) is 6.04 Å². The van der Waals surface area contributed by atoms with E-state index in [2.05, 4.69) is 21.5 Å². The van der Waals surface area contributed by atoms with Crippen LogP contribution in [0.1, 0.15) is 5.82 Å². The van der Waals surface area contributed by atoms with Crippen LogP contribution in [0, 0.1) is 11.3 Å². The van der Waals surface area contributed by atoms with Gasteiger partial charge in [-0.3, -0.25) is 4.90 Å². The molecule has 1 aromatic heterocycles. The molecule has 1 atom stereocenters. The molecule has 0 saturated carbocycles. The first kappa shape index (κ1) is 14.0. The summed E-state index contributed by atoms with van der Waals surface area (Å²) in [6.45, 7) is 2.79. The third-order valence-electron chi connectivity index (χ3n) is 3.42. The molecule has 2 aromatic rings. The Balaban J connectivity index is 1.76. The summed E-state index contributed by atoms with van der Waals surface area (Å²) in [5, 5.41) is 16.9. The molecule has 1 aromatic carbocycles. The van der Waals surface area contributed by atoms with Gasteiger partial charge in [-0.15, -0.1) is 0 Å². The lowest BCUT2D eigenvalue weighted by molar-refractivity contribution is 0.183. The molecule has 0 aliphatic carbocycles. The number of nitrogens with zero attached hydrogens (tertiary/aromatic N) is 4. The molecule has 1 saturated heterocycles. The Hall–Kier alpha value is -1.94. The van der Waals surface area contributed by atoms with E-state index in [0.29, 0.717) is 29.8 Å². The van der Waals surface area contributed by atoms with E-state index < -0.39 is 0 Å². The van der Waals surface area contributed by atoms with Gasteiger partial charge in [0.2, 0.25) is 0 Å². The van der Waals surface area contributed by atoms with Crippen LogP contribution in [0.15, 0.2) is 28.8 Å². The summed E-state index contributed by atoms with van der Waals surface area (Å²) in [5.74, 6) is 0.964. The summed E-state index contributed by atoms with van der Waals surface area (Å²) in [5.41, 5.74) is 0.718. The van der Waals surface area contributed by atoms with Crippen molar-refractivity contribution in [1.82, 2.24) is 20.4 Å². The van der Waals surface area contributed by atoms with Gasteiger partial charge in [-0.1, -0.05) is 28.9 Å². The maximum absolute atomic E-state index is 9.15. The molecule has 6 nitrogen and oxygen atoms in total. The third kappa shape index (κ3) is 3.05. The van der Waals surface area contributed by atoms with Crippen molar-refractivity contribution in [1.29, 1.82) is 5.26 Å². The lowest BCUT2D eigenvalue weighted by atomic mass is 10.2. The highest BCUT2D eigenvalue weighted by molar-refractivity contribution is 6.33. The Labute approximate surface area is 127 Å². The largest absolute Gasteiger partial charge is 0.334 e. The standard InChI is InChI=1S/C14H14ClN5O/c15-12-4-2-1-3-11(12)14-18-13(19-21-14)9-20-6-5-17-8-10(20)7-16/h1-4,10,17H,5-6,8-9H2. The molecule has 2 heterocycles. The average molecular weight is 304 g/mol. The molecular weight excluding hydrogens is 290 g/mol. The van der Waals surface area contributed by atoms with Crippen LogP contribution in [-0.4, -0.2) is 40.7 Å². The topological polar surface area (TPSA) is 78.0 Å². The monoisotopic (exact) mass is 303 g/mol. The number of hydrogen-bond donors (Lipinski definition) is 1. The molecule has 0 bridgehead atoms. The van der Waals surface area contributed by atoms with E-state index in [1.807, 2.05) is 23.1 Å². The molecule has 0 amide bonds. The van der Waals surface area contributed by atoms with E-state index in [4.69, 9.17) is 21.4 Å². The van der Waals surface area contributed by atoms with Gasteiger partial charge in [0, 0.05) is 19.6 Å². The van der Waals surface area contributed by atoms with E-state index >= 15 is 0 Å². The summed E-state index contributed by atoms with van der Waals surface area (Å²) in [6.07, 6.45) is 0. The van der Waals surface area contributed by atoms with Gasteiger partial charge >= 0.3 is 0 Å². The Morgan fingerprint density at radius 3 is 3.14 bits per heavy atom. The lowest BCUT2D eigenvalue weighted by Crippen LogP contribution is -2.50. The zero-order valence-electron chi connectivity index (χ0n) is 11.3. The van der Waals surface area contributed by atoms with Crippen LogP contribution in [0.5, 0.6) is 0 Å². The maximum atomic E-state index is 9.15. The molecule has 1 aliphatic heterocycles. The lowest BCUT2D eigenvalue weighted by Gasteiger charge is -2.30. The van der Waals surface area contributed by atoms with Gasteiger partial charge in [0.1, 0.15) is 6.04 Å². The van der Waals surface area contributed by atoms with Gasteiger partial charge < -0.3 is 9.84 Å². The Kier molecular flexibility index (Phi) is 4.15. The minimum atomic E-state index is -0.166. The van der Waals surface area contributed by atoms with Gasteiger partial charge in [-0.2, -0.15) is 10.2 Å². The van der Waals surface area contributed by atoms with Crippen LogP contribution in [-0.2, 0) is 6.54 Å². The van der Waals surface area contributed by atoms with Crippen molar-refractivity contribution in [3.63, 3.8) is 0 Å². The van der Waals surface area contributed by atoms with Crippen LogP contribution in [0.2, 0.25) is 5.02 Å². The Morgan fingerprint density at radius 2 is 2.33 bits per heavy atom. The second-order valence-corrected chi connectivity index (χ2v) is 5.22. The van der Waals surface area contributed by atoms with Gasteiger partial charge in [-0.25, -0.2) is 0 Å². The average Bonchev–Trinajstić information content (AvgIpc) is 2.96. The number of aromatic nitrogens is 2. The molecule has 108 valence electrons. The van der Waals surface area contributed by atoms with Crippen molar-refractivity contribution in [2.45, 2.75) is 12.6 Å². The van der Waals surface area contributed by atoms with Crippen molar-refractivity contribution in [3.8, 4) is 17.5 Å². The van der Waals surface area contributed by atoms with Gasteiger partial charge in [0.05, 0.1) is 23.2 Å². The fourth-order valence-electron chi connectivity index (χ4n) is 2.31. The first-order valence-corrected chi connectivity index (χ1v) is 7.07. The van der Waals surface area contributed by atoms with Crippen molar-refractivity contribution < 1.29 is 4.52 Å². The van der Waals surface area contributed by atoms with Crippen LogP contribution in [0.3, 0.4) is 0 Å². The second kappa shape index (κ2) is 6.22. The predicted molar refractivity (Wildman–Crippen MR) is 77.4 cm³/mol. The van der Waals surface area contributed by atoms with Crippen molar-refractivity contribution in [2.75, 3.05) is 19.6 Å². The van der Waals surface area contributed by atoms with Crippen LogP contribution in [0.4, 0.5) is 0 Å². The predicted octanol–water partition coefficient (Wildman–Crippen LogP) is 1.69. The number of nitrogens with one attached hydrogen (secondary N) is 1. The zero-order chi connectivity index (χ0) is 14.7. The number of rotatable bonds is 3. The zero-order valence-corrected chi connectivity index (χ0v) is 12.0. The molecule has 1 unspecified atom stereocenters. The van der Waals surface area contributed by atoms with Crippen molar-refractivity contribution in [2.24, 2.45) is 0 Å². The molecule has 7 heteroatoms. The van der Waals surface area contributed by atoms with E-state index in [9.17, 15) is 0 Å². The number of nitriles is 1. The van der Waals surface area contributed by atoms with Crippen molar-refractivity contribution >= 4 is 11.6 Å². The summed E-state index contributed by atoms with van der Waals surface area (Å²) in [7, 11) is 0. The van der Waals surface area contributed by atoms with E-state index in [0.717, 1.165) is 18.7 Å². The quantitative estimate of drug-likeness (QED) is 0.929. The van der Waals surface area contributed by atoms with E-state index in [1.54, 1.807) is 6.07 Å². The first-order valence-electron chi connectivity index (χ1n) is 6.70. The Bertz CT molecular complexity index is 665. The fraction of sp³-hybridized carbons (Fsp3) is 0.357. The summed E-state index contributed by atoms with van der Waals surface area (Å²) < 4.78 is 5.27. The third-order valence-corrected chi connectivity index (χ3v) is 3.75. The normalized spacial score (nSPS) is 19.3. The number of halogens is 1. The maximum Gasteiger partial charge on any atom is 0.259 e. The van der Waals surface area contributed by atoms with Crippen molar-refractivity contribution in [3.05, 3.63) is 35.1 Å². The Morgan fingerprint density at radius 1 is 1.48 bits per heavy atom. The molecule has 0 spiro atoms. The molecule has 21 heavy (non-hydrogen) atoms. The second-order valence-electron chi connectivity index (χ2n) is 4.82. The summed E-state index contributed by atoms with van der Waals surface area (Å²) in [4.78, 5) is 6.41. The van der Waals surface area contributed by atoms with Gasteiger partial charge in [-0.05, 0) is 12.1 Å².